The van der Waals surface area contributed by atoms with Crippen LogP contribution in [-0.4, -0.2) is 0 Å². The predicted molar refractivity (Wildman–Crippen MR) is 263 cm³/mol. The quantitative estimate of drug-likeness (QED) is 0.151. The van der Waals surface area contributed by atoms with Gasteiger partial charge in [0.05, 0.1) is 18.0 Å². The standard InChI is InChI=1S/C61H42N2/c1-5-20-43(21-6-1)45-24-19-29-48(40-45)63(60-35-18-15-30-51(60)44-22-7-2-8-23-44)50-37-39-55-53-32-14-17-34-57(53)61(59(55)42-50)56-33-16-13-31-52(56)54-38-36-49(41-58(54)61)62(46-25-9-3-10-26-46)47-27-11-4-12-28-47/h1-42H/i1D,5D,6D,20D,21D. The van der Waals surface area contributed by atoms with Gasteiger partial charge in [-0.15, -0.1) is 0 Å². The Kier molecular flexibility index (Phi) is 7.56. The highest BCUT2D eigenvalue weighted by molar-refractivity contribution is 5.98. The van der Waals surface area contributed by atoms with Crippen molar-refractivity contribution < 1.29 is 6.85 Å². The molecule has 2 aliphatic carbocycles. The van der Waals surface area contributed by atoms with Gasteiger partial charge in [0.2, 0.25) is 0 Å². The number of hydrogen-bond donors (Lipinski definition) is 0. The second kappa shape index (κ2) is 15.1. The molecule has 0 aromatic heterocycles. The van der Waals surface area contributed by atoms with Crippen LogP contribution in [0.3, 0.4) is 0 Å². The summed E-state index contributed by atoms with van der Waals surface area (Å²) in [6, 6.07) is 77.4. The summed E-state index contributed by atoms with van der Waals surface area (Å²) in [6.07, 6.45) is 0. The van der Waals surface area contributed by atoms with Gasteiger partial charge in [0.1, 0.15) is 0 Å². The van der Waals surface area contributed by atoms with Crippen molar-refractivity contribution in [3.05, 3.63) is 277 Å². The Morgan fingerprint density at radius 1 is 0.286 bits per heavy atom. The lowest BCUT2D eigenvalue weighted by atomic mass is 9.70. The molecule has 0 fully saturated rings. The van der Waals surface area contributed by atoms with E-state index < -0.39 is 11.5 Å². The van der Waals surface area contributed by atoms with E-state index in [0.717, 1.165) is 56.4 Å². The zero-order valence-corrected chi connectivity index (χ0v) is 34.3. The highest BCUT2D eigenvalue weighted by Gasteiger charge is 2.52. The van der Waals surface area contributed by atoms with E-state index in [0.29, 0.717) is 5.56 Å². The first-order valence-corrected chi connectivity index (χ1v) is 21.4. The van der Waals surface area contributed by atoms with Crippen molar-refractivity contribution in [2.24, 2.45) is 0 Å². The number of hydrogen-bond acceptors (Lipinski definition) is 2. The summed E-state index contributed by atoms with van der Waals surface area (Å²) < 4.78 is 43.2. The molecule has 296 valence electrons. The first-order valence-electron chi connectivity index (χ1n) is 23.9. The van der Waals surface area contributed by atoms with Crippen molar-refractivity contribution >= 4 is 34.1 Å². The molecule has 0 saturated carbocycles. The van der Waals surface area contributed by atoms with Gasteiger partial charge in [0.15, 0.2) is 0 Å². The molecule has 2 nitrogen and oxygen atoms in total. The zero-order valence-electron chi connectivity index (χ0n) is 39.3. The van der Waals surface area contributed by atoms with E-state index in [1.54, 1.807) is 0 Å². The summed E-state index contributed by atoms with van der Waals surface area (Å²) in [5.74, 6) is 0. The highest BCUT2D eigenvalue weighted by Crippen LogP contribution is 2.64. The molecule has 0 N–H and O–H groups in total. The average molecular weight is 808 g/mol. The lowest BCUT2D eigenvalue weighted by Gasteiger charge is -2.33. The summed E-state index contributed by atoms with van der Waals surface area (Å²) in [4.78, 5) is 4.59. The maximum atomic E-state index is 8.93. The van der Waals surface area contributed by atoms with Crippen LogP contribution in [0.4, 0.5) is 34.1 Å². The van der Waals surface area contributed by atoms with Gasteiger partial charge in [-0.3, -0.25) is 0 Å². The van der Waals surface area contributed by atoms with Gasteiger partial charge in [-0.05, 0) is 128 Å². The van der Waals surface area contributed by atoms with Crippen molar-refractivity contribution in [2.75, 3.05) is 9.80 Å². The Bertz CT molecular complexity index is 3510. The number of para-hydroxylation sites is 3. The van der Waals surface area contributed by atoms with E-state index in [9.17, 15) is 0 Å². The molecule has 2 aliphatic rings. The predicted octanol–water partition coefficient (Wildman–Crippen LogP) is 16.3. The fourth-order valence-corrected chi connectivity index (χ4v) is 10.1. The van der Waals surface area contributed by atoms with E-state index in [2.05, 4.69) is 192 Å². The number of nitrogens with zero attached hydrogens (tertiary/aromatic N) is 2. The summed E-state index contributed by atoms with van der Waals surface area (Å²) >= 11 is 0. The van der Waals surface area contributed by atoms with Crippen LogP contribution in [0, 0.1) is 0 Å². The van der Waals surface area contributed by atoms with Crippen LogP contribution in [0.5, 0.6) is 0 Å². The van der Waals surface area contributed by atoms with Crippen LogP contribution in [0.2, 0.25) is 0 Å². The molecule has 0 aliphatic heterocycles. The summed E-state index contributed by atoms with van der Waals surface area (Å²) in [7, 11) is 0. The van der Waals surface area contributed by atoms with Crippen molar-refractivity contribution in [1.29, 1.82) is 0 Å². The minimum atomic E-state index is -0.692. The van der Waals surface area contributed by atoms with E-state index >= 15 is 0 Å². The van der Waals surface area contributed by atoms with E-state index in [4.69, 9.17) is 6.85 Å². The number of rotatable bonds is 8. The molecule has 10 aromatic rings. The molecule has 0 saturated heterocycles. The maximum Gasteiger partial charge on any atom is 0.0727 e. The van der Waals surface area contributed by atoms with Crippen LogP contribution in [0.25, 0.3) is 44.5 Å². The number of anilines is 6. The summed E-state index contributed by atoms with van der Waals surface area (Å²) in [5.41, 5.74) is 17.4. The zero-order chi connectivity index (χ0) is 46.1. The topological polar surface area (TPSA) is 6.48 Å². The number of benzene rings is 10. The molecular weight excluding hydrogens is 761 g/mol. The second-order valence-corrected chi connectivity index (χ2v) is 16.1. The second-order valence-electron chi connectivity index (χ2n) is 16.1. The fraction of sp³-hybridized carbons (Fsp3) is 0.0164. The smallest absolute Gasteiger partial charge is 0.0727 e. The Morgan fingerprint density at radius 3 is 1.33 bits per heavy atom. The van der Waals surface area contributed by atoms with Crippen molar-refractivity contribution in [2.45, 2.75) is 5.41 Å². The Labute approximate surface area is 376 Å². The van der Waals surface area contributed by atoms with Gasteiger partial charge in [0, 0.05) is 34.0 Å². The molecule has 1 atom stereocenters. The summed E-state index contributed by atoms with van der Waals surface area (Å²) in [5, 5.41) is 0. The molecule has 10 aromatic carbocycles. The van der Waals surface area contributed by atoms with Gasteiger partial charge >= 0.3 is 0 Å². The maximum absolute atomic E-state index is 8.93. The minimum absolute atomic E-state index is 0.160. The monoisotopic (exact) mass is 807 g/mol. The molecule has 0 radical (unpaired) electrons. The van der Waals surface area contributed by atoms with Crippen LogP contribution in [0.15, 0.2) is 255 Å². The lowest BCUT2D eigenvalue weighted by Crippen LogP contribution is -2.26. The van der Waals surface area contributed by atoms with Gasteiger partial charge < -0.3 is 9.80 Å². The molecule has 0 heterocycles. The summed E-state index contributed by atoms with van der Waals surface area (Å²) in [6.45, 7) is 0. The SMILES string of the molecule is [2H]c1c([2H])c([2H])c(-c2cccc(N(c3ccc4c(c3)C3(c5ccccc5-c5ccc(N(c6ccccc6)c6ccccc6)cc53)c3ccccc3-4)c3ccccc3-c3ccccc3)c2)c([2H])c1[2H]. The normalized spacial score (nSPS) is 15.2. The van der Waals surface area contributed by atoms with E-state index in [1.165, 1.54) is 33.4 Å². The lowest BCUT2D eigenvalue weighted by molar-refractivity contribution is 0.793. The average Bonchev–Trinajstić information content (AvgIpc) is 3.85. The molecule has 0 amide bonds. The van der Waals surface area contributed by atoms with E-state index in [-0.39, 0.29) is 29.7 Å². The largest absolute Gasteiger partial charge is 0.310 e. The third-order valence-corrected chi connectivity index (χ3v) is 12.7. The molecule has 63 heavy (non-hydrogen) atoms. The first-order chi connectivity index (χ1) is 33.3. The van der Waals surface area contributed by atoms with Crippen LogP contribution in [0.1, 0.15) is 29.1 Å². The van der Waals surface area contributed by atoms with Gasteiger partial charge in [-0.2, -0.15) is 0 Å². The van der Waals surface area contributed by atoms with Crippen LogP contribution < -0.4 is 9.80 Å². The van der Waals surface area contributed by atoms with Crippen molar-refractivity contribution in [1.82, 2.24) is 0 Å². The Balaban J connectivity index is 1.13. The third-order valence-electron chi connectivity index (χ3n) is 12.7. The van der Waals surface area contributed by atoms with Gasteiger partial charge in [-0.25, -0.2) is 0 Å². The van der Waals surface area contributed by atoms with Gasteiger partial charge in [-0.1, -0.05) is 188 Å². The molecular formula is C61H42N2. The Morgan fingerprint density at radius 2 is 0.730 bits per heavy atom. The third kappa shape index (κ3) is 5.87. The fourth-order valence-electron chi connectivity index (χ4n) is 10.1. The highest BCUT2D eigenvalue weighted by atomic mass is 15.1. The van der Waals surface area contributed by atoms with Crippen LogP contribution >= 0.6 is 0 Å². The molecule has 12 rings (SSSR count). The molecule has 0 bridgehead atoms. The molecule has 2 heteroatoms. The first kappa shape index (κ1) is 31.6. The molecule has 1 unspecified atom stereocenters. The Hall–Kier alpha value is -8.20. The van der Waals surface area contributed by atoms with Gasteiger partial charge in [0.25, 0.3) is 0 Å². The van der Waals surface area contributed by atoms with E-state index in [1.807, 2.05) is 42.5 Å². The molecule has 1 spiro atoms. The van der Waals surface area contributed by atoms with Crippen LogP contribution in [-0.2, 0) is 5.41 Å². The minimum Gasteiger partial charge on any atom is -0.310 e. The van der Waals surface area contributed by atoms with Crippen molar-refractivity contribution in [3.63, 3.8) is 0 Å². The number of fused-ring (bicyclic) bond motifs is 10. The van der Waals surface area contributed by atoms with Crippen molar-refractivity contribution in [3.8, 4) is 44.5 Å².